The SMILES string of the molecule is O=C1SC(=Cc2cccc(OCc3cccc4ccccc34)c2)C(=O)N1c1ccccc1. The Hall–Kier alpha value is -3.83. The van der Waals surface area contributed by atoms with E-state index >= 15 is 0 Å². The summed E-state index contributed by atoms with van der Waals surface area (Å²) in [6.45, 7) is 0.440. The van der Waals surface area contributed by atoms with Crippen molar-refractivity contribution in [3.05, 3.63) is 113 Å². The number of hydrogen-bond donors (Lipinski definition) is 0. The largest absolute Gasteiger partial charge is 0.489 e. The van der Waals surface area contributed by atoms with Crippen LogP contribution in [-0.2, 0) is 11.4 Å². The highest BCUT2D eigenvalue weighted by Gasteiger charge is 2.36. The van der Waals surface area contributed by atoms with Crippen LogP contribution < -0.4 is 9.64 Å². The van der Waals surface area contributed by atoms with Crippen LogP contribution in [0, 0.1) is 0 Å². The number of fused-ring (bicyclic) bond motifs is 1. The van der Waals surface area contributed by atoms with E-state index in [-0.39, 0.29) is 11.1 Å². The fourth-order valence-corrected chi connectivity index (χ4v) is 4.53. The molecule has 0 aliphatic carbocycles. The van der Waals surface area contributed by atoms with Crippen molar-refractivity contribution in [1.82, 2.24) is 0 Å². The number of nitrogens with zero attached hydrogens (tertiary/aromatic N) is 1. The highest BCUT2D eigenvalue weighted by Crippen LogP contribution is 2.35. The van der Waals surface area contributed by atoms with Crippen molar-refractivity contribution in [2.24, 2.45) is 0 Å². The molecule has 1 aliphatic heterocycles. The molecular weight excluding hydrogens is 418 g/mol. The van der Waals surface area contributed by atoms with Gasteiger partial charge in [-0.1, -0.05) is 72.8 Å². The highest BCUT2D eigenvalue weighted by molar-refractivity contribution is 8.19. The second-order valence-corrected chi connectivity index (χ2v) is 8.35. The van der Waals surface area contributed by atoms with E-state index in [2.05, 4.69) is 24.3 Å². The summed E-state index contributed by atoms with van der Waals surface area (Å²) in [6.07, 6.45) is 1.73. The molecule has 1 heterocycles. The summed E-state index contributed by atoms with van der Waals surface area (Å²) in [5.74, 6) is 0.391. The molecule has 4 nitrogen and oxygen atoms in total. The summed E-state index contributed by atoms with van der Waals surface area (Å²) in [6, 6.07) is 30.9. The van der Waals surface area contributed by atoms with Gasteiger partial charge in [-0.05, 0) is 64.0 Å². The molecular formula is C27H19NO3S. The minimum absolute atomic E-state index is 0.296. The zero-order valence-corrected chi connectivity index (χ0v) is 17.9. The first kappa shape index (κ1) is 20.1. The standard InChI is InChI=1S/C27H19NO3S/c29-26-25(32-27(30)28(26)22-12-2-1-3-13-22)17-19-8-6-14-23(16-19)31-18-21-11-7-10-20-9-4-5-15-24(20)21/h1-17H,18H2. The second kappa shape index (κ2) is 8.73. The number of benzene rings is 4. The maximum Gasteiger partial charge on any atom is 0.298 e. The van der Waals surface area contributed by atoms with Crippen LogP contribution in [0.2, 0.25) is 0 Å². The van der Waals surface area contributed by atoms with Gasteiger partial charge in [-0.3, -0.25) is 9.59 Å². The fraction of sp³-hybridized carbons (Fsp3) is 0.0370. The first-order valence-electron chi connectivity index (χ1n) is 10.2. The Kier molecular flexibility index (Phi) is 5.48. The van der Waals surface area contributed by atoms with E-state index < -0.39 is 0 Å². The number of thioether (sulfide) groups is 1. The van der Waals surface area contributed by atoms with E-state index in [4.69, 9.17) is 4.74 Å². The van der Waals surface area contributed by atoms with E-state index in [9.17, 15) is 9.59 Å². The van der Waals surface area contributed by atoms with E-state index in [1.807, 2.05) is 48.5 Å². The van der Waals surface area contributed by atoms with Gasteiger partial charge in [0, 0.05) is 0 Å². The zero-order valence-electron chi connectivity index (χ0n) is 17.1. The molecule has 32 heavy (non-hydrogen) atoms. The predicted molar refractivity (Wildman–Crippen MR) is 130 cm³/mol. The molecule has 5 rings (SSSR count). The summed E-state index contributed by atoms with van der Waals surface area (Å²) >= 11 is 0.947. The predicted octanol–water partition coefficient (Wildman–Crippen LogP) is 6.66. The number of carbonyl (C=O) groups excluding carboxylic acids is 2. The summed E-state index contributed by atoms with van der Waals surface area (Å²) in [5.41, 5.74) is 2.49. The molecule has 0 saturated carbocycles. The topological polar surface area (TPSA) is 46.6 Å². The van der Waals surface area contributed by atoms with Crippen molar-refractivity contribution in [2.75, 3.05) is 4.90 Å². The van der Waals surface area contributed by atoms with Crippen molar-refractivity contribution >= 4 is 45.4 Å². The quantitative estimate of drug-likeness (QED) is 0.328. The van der Waals surface area contributed by atoms with Gasteiger partial charge in [0.1, 0.15) is 12.4 Å². The third kappa shape index (κ3) is 4.03. The van der Waals surface area contributed by atoms with Crippen LogP contribution in [0.3, 0.4) is 0 Å². The third-order valence-corrected chi connectivity index (χ3v) is 6.11. The molecule has 0 atom stereocenters. The van der Waals surface area contributed by atoms with Crippen molar-refractivity contribution in [3.8, 4) is 5.75 Å². The molecule has 4 aromatic carbocycles. The van der Waals surface area contributed by atoms with Crippen LogP contribution in [0.4, 0.5) is 10.5 Å². The van der Waals surface area contributed by atoms with Crippen LogP contribution in [-0.4, -0.2) is 11.1 Å². The van der Waals surface area contributed by atoms with E-state index in [0.717, 1.165) is 22.9 Å². The Morgan fingerprint density at radius 3 is 2.44 bits per heavy atom. The van der Waals surface area contributed by atoms with Gasteiger partial charge in [-0.15, -0.1) is 0 Å². The first-order chi connectivity index (χ1) is 15.7. The van der Waals surface area contributed by atoms with Crippen molar-refractivity contribution < 1.29 is 14.3 Å². The lowest BCUT2D eigenvalue weighted by Crippen LogP contribution is -2.27. The van der Waals surface area contributed by atoms with Gasteiger partial charge < -0.3 is 4.74 Å². The number of imide groups is 1. The Balaban J connectivity index is 1.35. The molecule has 2 amide bonds. The zero-order chi connectivity index (χ0) is 21.9. The summed E-state index contributed by atoms with van der Waals surface area (Å²) < 4.78 is 6.05. The van der Waals surface area contributed by atoms with Crippen LogP contribution in [0.5, 0.6) is 5.75 Å². The van der Waals surface area contributed by atoms with Crippen LogP contribution in [0.1, 0.15) is 11.1 Å². The number of hydrogen-bond acceptors (Lipinski definition) is 4. The monoisotopic (exact) mass is 437 g/mol. The third-order valence-electron chi connectivity index (χ3n) is 5.24. The number of amides is 2. The van der Waals surface area contributed by atoms with E-state index in [1.165, 1.54) is 15.7 Å². The molecule has 1 aliphatic rings. The average molecular weight is 438 g/mol. The molecule has 0 N–H and O–H groups in total. The molecule has 0 spiro atoms. The van der Waals surface area contributed by atoms with Gasteiger partial charge >= 0.3 is 0 Å². The molecule has 0 aromatic heterocycles. The summed E-state index contributed by atoms with van der Waals surface area (Å²) in [4.78, 5) is 26.8. The van der Waals surface area contributed by atoms with Gasteiger partial charge in [0.15, 0.2) is 0 Å². The normalized spacial score (nSPS) is 15.0. The summed E-state index contributed by atoms with van der Waals surface area (Å²) in [7, 11) is 0. The van der Waals surface area contributed by atoms with E-state index in [1.54, 1.807) is 30.3 Å². The van der Waals surface area contributed by atoms with Crippen LogP contribution in [0.15, 0.2) is 102 Å². The molecule has 1 fully saturated rings. The van der Waals surface area contributed by atoms with Crippen molar-refractivity contribution in [3.63, 3.8) is 0 Å². The Labute approximate surface area is 190 Å². The van der Waals surface area contributed by atoms with Crippen molar-refractivity contribution in [2.45, 2.75) is 6.61 Å². The maximum absolute atomic E-state index is 12.8. The molecule has 1 saturated heterocycles. The molecule has 0 unspecified atom stereocenters. The van der Waals surface area contributed by atoms with Gasteiger partial charge in [0.05, 0.1) is 10.6 Å². The molecule has 5 heteroatoms. The highest BCUT2D eigenvalue weighted by atomic mass is 32.2. The molecule has 0 bridgehead atoms. The van der Waals surface area contributed by atoms with Gasteiger partial charge in [-0.25, -0.2) is 4.90 Å². The minimum atomic E-state index is -0.312. The minimum Gasteiger partial charge on any atom is -0.489 e. The number of rotatable bonds is 5. The number of carbonyl (C=O) groups is 2. The van der Waals surface area contributed by atoms with Crippen molar-refractivity contribution in [1.29, 1.82) is 0 Å². The van der Waals surface area contributed by atoms with E-state index in [0.29, 0.717) is 22.9 Å². The lowest BCUT2D eigenvalue weighted by atomic mass is 10.1. The Bertz CT molecular complexity index is 1340. The maximum atomic E-state index is 12.8. The molecule has 0 radical (unpaired) electrons. The summed E-state index contributed by atoms with van der Waals surface area (Å²) in [5, 5.41) is 2.05. The number of para-hydroxylation sites is 1. The number of ether oxygens (including phenoxy) is 1. The molecule has 156 valence electrons. The Morgan fingerprint density at radius 1 is 0.812 bits per heavy atom. The average Bonchev–Trinajstić information content (AvgIpc) is 3.11. The van der Waals surface area contributed by atoms with Crippen LogP contribution >= 0.6 is 11.8 Å². The lowest BCUT2D eigenvalue weighted by Gasteiger charge is -2.11. The number of anilines is 1. The molecule has 4 aromatic rings. The Morgan fingerprint density at radius 2 is 1.56 bits per heavy atom. The van der Waals surface area contributed by atoms with Gasteiger partial charge in [0.25, 0.3) is 11.1 Å². The van der Waals surface area contributed by atoms with Crippen LogP contribution in [0.25, 0.3) is 16.8 Å². The lowest BCUT2D eigenvalue weighted by molar-refractivity contribution is -0.113. The van der Waals surface area contributed by atoms with Gasteiger partial charge in [-0.2, -0.15) is 0 Å². The first-order valence-corrected chi connectivity index (χ1v) is 11.0. The van der Waals surface area contributed by atoms with Gasteiger partial charge in [0.2, 0.25) is 0 Å². The smallest absolute Gasteiger partial charge is 0.298 e. The second-order valence-electron chi connectivity index (χ2n) is 7.35. The fourth-order valence-electron chi connectivity index (χ4n) is 3.69.